The Morgan fingerprint density at radius 1 is 1.14 bits per heavy atom. The summed E-state index contributed by atoms with van der Waals surface area (Å²) in [6, 6.07) is 7.18. The first-order valence-corrected chi connectivity index (χ1v) is 7.00. The van der Waals surface area contributed by atoms with E-state index in [-0.39, 0.29) is 30.8 Å². The predicted octanol–water partition coefficient (Wildman–Crippen LogP) is 0.710. The van der Waals surface area contributed by atoms with Crippen molar-refractivity contribution in [3.8, 4) is 0 Å². The molecule has 1 aromatic rings. The molecule has 6 nitrogen and oxygen atoms in total. The van der Waals surface area contributed by atoms with E-state index in [1.165, 1.54) is 0 Å². The Bertz CT molecular complexity index is 452. The van der Waals surface area contributed by atoms with E-state index in [0.29, 0.717) is 31.8 Å². The molecule has 0 spiro atoms. The smallest absolute Gasteiger partial charge is 0.251 e. The van der Waals surface area contributed by atoms with Gasteiger partial charge in [-0.3, -0.25) is 9.59 Å². The monoisotopic (exact) mass is 329 g/mol. The van der Waals surface area contributed by atoms with Crippen LogP contribution in [0.15, 0.2) is 24.3 Å². The van der Waals surface area contributed by atoms with E-state index < -0.39 is 0 Å². The van der Waals surface area contributed by atoms with Gasteiger partial charge in [-0.1, -0.05) is 12.1 Å². The van der Waals surface area contributed by atoms with Crippen LogP contribution in [0.4, 0.5) is 0 Å². The molecule has 0 atom stereocenters. The molecule has 0 aliphatic carbocycles. The van der Waals surface area contributed by atoms with Gasteiger partial charge in [-0.25, -0.2) is 0 Å². The van der Waals surface area contributed by atoms with Crippen LogP contribution in [0.1, 0.15) is 22.8 Å². The molecule has 0 aromatic heterocycles. The van der Waals surface area contributed by atoms with Crippen LogP contribution in [-0.4, -0.2) is 45.2 Å². The van der Waals surface area contributed by atoms with Crippen LogP contribution in [0.5, 0.6) is 0 Å². The van der Waals surface area contributed by atoms with E-state index in [0.717, 1.165) is 5.56 Å². The molecule has 0 bridgehead atoms. The van der Waals surface area contributed by atoms with Gasteiger partial charge < -0.3 is 20.7 Å². The van der Waals surface area contributed by atoms with Crippen molar-refractivity contribution in [3.63, 3.8) is 0 Å². The van der Waals surface area contributed by atoms with Gasteiger partial charge in [0, 0.05) is 32.3 Å². The fourth-order valence-corrected chi connectivity index (χ4v) is 1.68. The number of hydrogen-bond donors (Lipinski definition) is 3. The topological polar surface area (TPSA) is 79.5 Å². The molecule has 0 aliphatic rings. The van der Waals surface area contributed by atoms with Crippen molar-refractivity contribution in [2.75, 3.05) is 33.4 Å². The highest BCUT2D eigenvalue weighted by Gasteiger charge is 2.04. The number of benzene rings is 1. The summed E-state index contributed by atoms with van der Waals surface area (Å²) in [6.45, 7) is 4.41. The molecule has 0 aliphatic heterocycles. The number of methoxy groups -OCH3 is 1. The highest BCUT2D eigenvalue weighted by molar-refractivity contribution is 5.94. The lowest BCUT2D eigenvalue weighted by Crippen LogP contribution is -2.34. The maximum absolute atomic E-state index is 11.6. The van der Waals surface area contributed by atoms with Crippen LogP contribution in [-0.2, 0) is 16.1 Å². The summed E-state index contributed by atoms with van der Waals surface area (Å²) in [4.78, 5) is 23.2. The second kappa shape index (κ2) is 12.0. The number of hydrogen-bond acceptors (Lipinski definition) is 4. The van der Waals surface area contributed by atoms with Crippen molar-refractivity contribution < 1.29 is 14.3 Å². The Labute approximate surface area is 137 Å². The minimum Gasteiger partial charge on any atom is -0.383 e. The quantitative estimate of drug-likeness (QED) is 0.583. The Kier molecular flexibility index (Phi) is 11.1. The number of halogens is 1. The minimum absolute atomic E-state index is 0. The lowest BCUT2D eigenvalue weighted by Gasteiger charge is -2.07. The molecule has 7 heteroatoms. The molecule has 0 unspecified atom stereocenters. The van der Waals surface area contributed by atoms with Gasteiger partial charge in [0.1, 0.15) is 0 Å². The summed E-state index contributed by atoms with van der Waals surface area (Å²) in [5.41, 5.74) is 1.57. The molecule has 0 fully saturated rings. The van der Waals surface area contributed by atoms with Crippen LogP contribution >= 0.6 is 12.4 Å². The van der Waals surface area contributed by atoms with Crippen molar-refractivity contribution in [1.82, 2.24) is 16.0 Å². The molecular formula is C15H24ClN3O3. The fourth-order valence-electron chi connectivity index (χ4n) is 1.68. The molecule has 0 radical (unpaired) electrons. The van der Waals surface area contributed by atoms with Crippen molar-refractivity contribution in [1.29, 1.82) is 0 Å². The Balaban J connectivity index is 0.00000441. The SMILES string of the molecule is CCNC(=O)c1ccc(CNC(=O)CNCCOC)cc1.Cl. The highest BCUT2D eigenvalue weighted by Crippen LogP contribution is 2.04. The van der Waals surface area contributed by atoms with Crippen LogP contribution in [0.25, 0.3) is 0 Å². The molecule has 124 valence electrons. The summed E-state index contributed by atoms with van der Waals surface area (Å²) < 4.78 is 4.87. The van der Waals surface area contributed by atoms with Gasteiger partial charge in [0.15, 0.2) is 0 Å². The lowest BCUT2D eigenvalue weighted by atomic mass is 10.1. The zero-order chi connectivity index (χ0) is 15.5. The van der Waals surface area contributed by atoms with E-state index >= 15 is 0 Å². The van der Waals surface area contributed by atoms with E-state index in [9.17, 15) is 9.59 Å². The molecule has 3 N–H and O–H groups in total. The van der Waals surface area contributed by atoms with E-state index in [1.54, 1.807) is 19.2 Å². The van der Waals surface area contributed by atoms with Gasteiger partial charge in [0.25, 0.3) is 5.91 Å². The first-order valence-electron chi connectivity index (χ1n) is 7.00. The standard InChI is InChI=1S/C15H23N3O3.ClH/c1-3-17-15(20)13-6-4-12(5-7-13)10-18-14(19)11-16-8-9-21-2;/h4-7,16H,3,8-11H2,1-2H3,(H,17,20)(H,18,19);1H. The summed E-state index contributed by atoms with van der Waals surface area (Å²) in [5.74, 6) is -0.158. The Morgan fingerprint density at radius 2 is 1.82 bits per heavy atom. The molecule has 22 heavy (non-hydrogen) atoms. The number of ether oxygens (including phenoxy) is 1. The van der Waals surface area contributed by atoms with E-state index in [4.69, 9.17) is 4.74 Å². The minimum atomic E-state index is -0.0876. The third kappa shape index (κ3) is 7.97. The molecular weight excluding hydrogens is 306 g/mol. The predicted molar refractivity (Wildman–Crippen MR) is 88.3 cm³/mol. The fraction of sp³-hybridized carbons (Fsp3) is 0.467. The largest absolute Gasteiger partial charge is 0.383 e. The van der Waals surface area contributed by atoms with Crippen LogP contribution in [0.2, 0.25) is 0 Å². The lowest BCUT2D eigenvalue weighted by molar-refractivity contribution is -0.120. The van der Waals surface area contributed by atoms with E-state index in [1.807, 2.05) is 19.1 Å². The van der Waals surface area contributed by atoms with Crippen molar-refractivity contribution >= 4 is 24.2 Å². The molecule has 1 aromatic carbocycles. The van der Waals surface area contributed by atoms with Crippen LogP contribution in [0.3, 0.4) is 0 Å². The zero-order valence-corrected chi connectivity index (χ0v) is 13.8. The maximum Gasteiger partial charge on any atom is 0.251 e. The number of carbonyl (C=O) groups is 2. The second-order valence-corrected chi connectivity index (χ2v) is 4.50. The molecule has 0 saturated carbocycles. The summed E-state index contributed by atoms with van der Waals surface area (Å²) in [7, 11) is 1.62. The maximum atomic E-state index is 11.6. The number of rotatable bonds is 9. The van der Waals surface area contributed by atoms with Gasteiger partial charge in [-0.05, 0) is 24.6 Å². The number of carbonyl (C=O) groups excluding carboxylic acids is 2. The molecule has 0 heterocycles. The van der Waals surface area contributed by atoms with Gasteiger partial charge >= 0.3 is 0 Å². The molecule has 2 amide bonds. The van der Waals surface area contributed by atoms with Crippen molar-refractivity contribution in [3.05, 3.63) is 35.4 Å². The normalized spacial score (nSPS) is 9.73. The Morgan fingerprint density at radius 3 is 2.41 bits per heavy atom. The molecule has 0 saturated heterocycles. The first kappa shape index (κ1) is 20.4. The van der Waals surface area contributed by atoms with E-state index in [2.05, 4.69) is 16.0 Å². The second-order valence-electron chi connectivity index (χ2n) is 4.50. The zero-order valence-electron chi connectivity index (χ0n) is 13.0. The number of amides is 2. The van der Waals surface area contributed by atoms with Crippen LogP contribution in [0, 0.1) is 0 Å². The third-order valence-corrected chi connectivity index (χ3v) is 2.81. The van der Waals surface area contributed by atoms with Gasteiger partial charge in [0.05, 0.1) is 13.2 Å². The van der Waals surface area contributed by atoms with Gasteiger partial charge in [-0.2, -0.15) is 0 Å². The average Bonchev–Trinajstić information content (AvgIpc) is 2.50. The van der Waals surface area contributed by atoms with Crippen LogP contribution < -0.4 is 16.0 Å². The van der Waals surface area contributed by atoms with Crippen molar-refractivity contribution in [2.45, 2.75) is 13.5 Å². The summed E-state index contributed by atoms with van der Waals surface area (Å²) >= 11 is 0. The summed E-state index contributed by atoms with van der Waals surface area (Å²) in [6.07, 6.45) is 0. The average molecular weight is 330 g/mol. The van der Waals surface area contributed by atoms with Crippen molar-refractivity contribution in [2.24, 2.45) is 0 Å². The van der Waals surface area contributed by atoms with Gasteiger partial charge in [-0.15, -0.1) is 12.4 Å². The first-order chi connectivity index (χ1) is 10.2. The highest BCUT2D eigenvalue weighted by atomic mass is 35.5. The van der Waals surface area contributed by atoms with Gasteiger partial charge in [0.2, 0.25) is 5.91 Å². The third-order valence-electron chi connectivity index (χ3n) is 2.81. The molecule has 1 rings (SSSR count). The number of nitrogens with one attached hydrogen (secondary N) is 3. The summed E-state index contributed by atoms with van der Waals surface area (Å²) in [5, 5.41) is 8.52. The Hall–Kier alpha value is -1.63.